The molecule has 0 aromatic rings. The predicted molar refractivity (Wildman–Crippen MR) is 97.7 cm³/mol. The molecule has 2 rings (SSSR count). The fourth-order valence-electron chi connectivity index (χ4n) is 3.45. The van der Waals surface area contributed by atoms with Crippen molar-refractivity contribution in [2.75, 3.05) is 13.2 Å². The average molecular weight is 456 g/mol. The Kier molecular flexibility index (Phi) is 6.97. The van der Waals surface area contributed by atoms with Crippen LogP contribution in [0.15, 0.2) is 11.8 Å². The van der Waals surface area contributed by atoms with Gasteiger partial charge in [-0.25, -0.2) is 4.79 Å². The van der Waals surface area contributed by atoms with Gasteiger partial charge >= 0.3 is 27.3 Å². The summed E-state index contributed by atoms with van der Waals surface area (Å²) in [4.78, 5) is 24.3. The Bertz CT molecular complexity index is 822. The van der Waals surface area contributed by atoms with E-state index in [0.717, 1.165) is 0 Å². The van der Waals surface area contributed by atoms with Gasteiger partial charge in [0.1, 0.15) is 18.5 Å². The minimum Gasteiger partial charge on any atom is -0.462 e. The normalized spacial score (nSPS) is 29.2. The van der Waals surface area contributed by atoms with Crippen LogP contribution in [0.5, 0.6) is 0 Å². The lowest BCUT2D eigenvalue weighted by Gasteiger charge is -2.36. The van der Waals surface area contributed by atoms with E-state index < -0.39 is 50.5 Å². The van der Waals surface area contributed by atoms with Crippen LogP contribution in [0.1, 0.15) is 47.0 Å². The predicted octanol–water partition coefficient (Wildman–Crippen LogP) is 2.42. The molecule has 2 aliphatic rings. The summed E-state index contributed by atoms with van der Waals surface area (Å²) in [5.41, 5.74) is -0.962. The van der Waals surface area contributed by atoms with Crippen LogP contribution in [0.2, 0.25) is 0 Å². The number of ether oxygens (including phenoxy) is 4. The van der Waals surface area contributed by atoms with Crippen LogP contribution in [0, 0.1) is 11.3 Å². The zero-order valence-electron chi connectivity index (χ0n) is 17.1. The third-order valence-corrected chi connectivity index (χ3v) is 6.04. The van der Waals surface area contributed by atoms with Crippen molar-refractivity contribution in [2.24, 2.45) is 11.3 Å². The third-order valence-electron chi connectivity index (χ3n) is 5.23. The summed E-state index contributed by atoms with van der Waals surface area (Å²) in [6, 6.07) is 0. The average Bonchev–Trinajstić information content (AvgIpc) is 2.99. The summed E-state index contributed by atoms with van der Waals surface area (Å²) in [6.45, 7) is 7.05. The summed E-state index contributed by atoms with van der Waals surface area (Å²) < 4.78 is 77.6. The SMILES string of the molecule is CCC1(C(=O)OCC2COC(C)(C)O2)CC=C(OC(=O)C(F)(F)S(=O)(=O)O)C(C)C1. The first-order valence-corrected chi connectivity index (χ1v) is 10.8. The van der Waals surface area contributed by atoms with E-state index in [4.69, 9.17) is 18.8 Å². The maximum Gasteiger partial charge on any atom is 0.466 e. The molecular weight excluding hydrogens is 430 g/mol. The fraction of sp³-hybridized carbons (Fsp3) is 0.778. The summed E-state index contributed by atoms with van der Waals surface area (Å²) in [7, 11) is -5.97. The second-order valence-corrected chi connectivity index (χ2v) is 9.44. The van der Waals surface area contributed by atoms with Crippen LogP contribution in [0.4, 0.5) is 8.78 Å². The number of esters is 2. The second-order valence-electron chi connectivity index (χ2n) is 7.98. The molecule has 172 valence electrons. The molecule has 0 aromatic heterocycles. The van der Waals surface area contributed by atoms with Gasteiger partial charge in [-0.05, 0) is 39.2 Å². The molecule has 1 fully saturated rings. The number of halogens is 2. The highest BCUT2D eigenvalue weighted by Gasteiger charge is 2.55. The number of carbonyl (C=O) groups excluding carboxylic acids is 2. The fourth-order valence-corrected chi connectivity index (χ4v) is 3.70. The van der Waals surface area contributed by atoms with Crippen molar-refractivity contribution in [2.45, 2.75) is 64.1 Å². The first kappa shape index (κ1) is 24.6. The van der Waals surface area contributed by atoms with Crippen LogP contribution in [-0.4, -0.2) is 55.3 Å². The lowest BCUT2D eigenvalue weighted by Crippen LogP contribution is -2.41. The van der Waals surface area contributed by atoms with Gasteiger partial charge in [-0.15, -0.1) is 0 Å². The molecule has 0 aromatic carbocycles. The van der Waals surface area contributed by atoms with E-state index in [1.165, 1.54) is 13.0 Å². The molecule has 9 nitrogen and oxygen atoms in total. The molecule has 3 atom stereocenters. The van der Waals surface area contributed by atoms with E-state index in [-0.39, 0.29) is 31.8 Å². The molecule has 1 heterocycles. The highest BCUT2D eigenvalue weighted by molar-refractivity contribution is 7.87. The van der Waals surface area contributed by atoms with Gasteiger partial charge in [0.25, 0.3) is 0 Å². The van der Waals surface area contributed by atoms with Crippen molar-refractivity contribution in [3.05, 3.63) is 11.8 Å². The molecule has 0 saturated carbocycles. The van der Waals surface area contributed by atoms with E-state index >= 15 is 0 Å². The number of allylic oxidation sites excluding steroid dienone is 2. The smallest absolute Gasteiger partial charge is 0.462 e. The third kappa shape index (κ3) is 5.16. The minimum atomic E-state index is -5.97. The van der Waals surface area contributed by atoms with Gasteiger partial charge in [0, 0.05) is 5.92 Å². The van der Waals surface area contributed by atoms with Crippen LogP contribution >= 0.6 is 0 Å². The van der Waals surface area contributed by atoms with E-state index in [1.54, 1.807) is 20.8 Å². The maximum atomic E-state index is 13.4. The monoisotopic (exact) mass is 456 g/mol. The van der Waals surface area contributed by atoms with Gasteiger partial charge in [0.15, 0.2) is 5.79 Å². The lowest BCUT2D eigenvalue weighted by atomic mass is 9.71. The summed E-state index contributed by atoms with van der Waals surface area (Å²) in [5, 5.41) is -5.09. The van der Waals surface area contributed by atoms with Crippen molar-refractivity contribution in [1.29, 1.82) is 0 Å². The lowest BCUT2D eigenvalue weighted by molar-refractivity contribution is -0.168. The zero-order chi connectivity index (χ0) is 23.0. The topological polar surface area (TPSA) is 125 Å². The minimum absolute atomic E-state index is 0.00939. The van der Waals surface area contributed by atoms with Gasteiger partial charge in [-0.3, -0.25) is 9.35 Å². The quantitative estimate of drug-likeness (QED) is 0.454. The molecule has 1 aliphatic carbocycles. The van der Waals surface area contributed by atoms with Crippen LogP contribution in [-0.2, 0) is 38.7 Å². The van der Waals surface area contributed by atoms with E-state index in [9.17, 15) is 26.8 Å². The largest absolute Gasteiger partial charge is 0.466 e. The molecule has 0 spiro atoms. The summed E-state index contributed by atoms with van der Waals surface area (Å²) >= 11 is 0. The highest BCUT2D eigenvalue weighted by Crippen LogP contribution is 2.43. The number of rotatable bonds is 7. The Hall–Kier alpha value is -1.63. The van der Waals surface area contributed by atoms with Crippen LogP contribution in [0.25, 0.3) is 0 Å². The Balaban J connectivity index is 2.04. The van der Waals surface area contributed by atoms with Gasteiger partial charge in [0.05, 0.1) is 12.0 Å². The van der Waals surface area contributed by atoms with E-state index in [1.807, 2.05) is 0 Å². The van der Waals surface area contributed by atoms with Crippen molar-refractivity contribution in [3.8, 4) is 0 Å². The van der Waals surface area contributed by atoms with Gasteiger partial charge in [0.2, 0.25) is 0 Å². The Morgan fingerprint density at radius 3 is 2.47 bits per heavy atom. The highest BCUT2D eigenvalue weighted by atomic mass is 32.2. The van der Waals surface area contributed by atoms with Crippen LogP contribution in [0.3, 0.4) is 0 Å². The van der Waals surface area contributed by atoms with Crippen molar-refractivity contribution in [3.63, 3.8) is 0 Å². The Morgan fingerprint density at radius 2 is 2.00 bits per heavy atom. The first-order chi connectivity index (χ1) is 13.6. The van der Waals surface area contributed by atoms with Crippen molar-refractivity contribution < 1.29 is 50.3 Å². The molecule has 12 heteroatoms. The molecule has 0 amide bonds. The first-order valence-electron chi connectivity index (χ1n) is 9.40. The number of carbonyl (C=O) groups is 2. The summed E-state index contributed by atoms with van der Waals surface area (Å²) in [5.74, 6) is -4.53. The zero-order valence-corrected chi connectivity index (χ0v) is 18.0. The van der Waals surface area contributed by atoms with Crippen LogP contribution < -0.4 is 0 Å². The van der Waals surface area contributed by atoms with E-state index in [2.05, 4.69) is 4.74 Å². The molecule has 1 saturated heterocycles. The number of hydrogen-bond donors (Lipinski definition) is 1. The van der Waals surface area contributed by atoms with Gasteiger partial charge < -0.3 is 18.9 Å². The molecular formula is C18H26F2O9S. The molecule has 30 heavy (non-hydrogen) atoms. The molecule has 0 bridgehead atoms. The Labute approximate surface area is 173 Å². The Morgan fingerprint density at radius 1 is 1.37 bits per heavy atom. The summed E-state index contributed by atoms with van der Waals surface area (Å²) in [6.07, 6.45) is 1.43. The molecule has 1 aliphatic heterocycles. The second kappa shape index (κ2) is 8.48. The molecule has 0 radical (unpaired) electrons. The number of hydrogen-bond acceptors (Lipinski definition) is 8. The number of alkyl halides is 2. The standard InChI is InChI=1S/C18H26F2O9S/c1-5-17(14(21)26-9-12-10-27-16(3,4)29-12)7-6-13(11(2)8-17)28-15(22)18(19,20)30(23,24)25/h6,11-12H,5,7-10H2,1-4H3,(H,23,24,25). The van der Waals surface area contributed by atoms with Gasteiger partial charge in [-0.2, -0.15) is 17.2 Å². The van der Waals surface area contributed by atoms with Crippen molar-refractivity contribution >= 4 is 22.1 Å². The molecule has 3 unspecified atom stereocenters. The van der Waals surface area contributed by atoms with E-state index in [0.29, 0.717) is 6.42 Å². The van der Waals surface area contributed by atoms with Gasteiger partial charge in [-0.1, -0.05) is 13.8 Å². The van der Waals surface area contributed by atoms with Crippen molar-refractivity contribution in [1.82, 2.24) is 0 Å². The maximum absolute atomic E-state index is 13.4. The molecule has 1 N–H and O–H groups in total.